The highest BCUT2D eigenvalue weighted by molar-refractivity contribution is 4.89. The molecule has 0 spiro atoms. The molecule has 0 aromatic rings. The smallest absolute Gasteiger partial charge is 0.0510 e. The van der Waals surface area contributed by atoms with Gasteiger partial charge in [0.2, 0.25) is 0 Å². The van der Waals surface area contributed by atoms with Crippen molar-refractivity contribution >= 4 is 0 Å². The Morgan fingerprint density at radius 2 is 1.87 bits per heavy atom. The molecule has 3 aliphatic rings. The van der Waals surface area contributed by atoms with Crippen LogP contribution in [-0.4, -0.2) is 62.8 Å². The Morgan fingerprint density at radius 3 is 2.47 bits per heavy atom. The normalized spacial score (nSPS) is 42.6. The third kappa shape index (κ3) is 2.05. The van der Waals surface area contributed by atoms with Crippen molar-refractivity contribution in [2.45, 2.75) is 6.42 Å². The monoisotopic (exact) mass is 210 g/mol. The highest BCUT2D eigenvalue weighted by atomic mass is 16.5. The number of nitrogens with zero attached hydrogens (tertiary/aromatic N) is 2. The predicted molar refractivity (Wildman–Crippen MR) is 59.8 cm³/mol. The number of hydrogen-bond acceptors (Lipinski definition) is 3. The average Bonchev–Trinajstić information content (AvgIpc) is 2.81. The van der Waals surface area contributed by atoms with E-state index < -0.39 is 0 Å². The van der Waals surface area contributed by atoms with E-state index in [1.807, 2.05) is 0 Å². The quantitative estimate of drug-likeness (QED) is 0.661. The van der Waals surface area contributed by atoms with Crippen molar-refractivity contribution in [3.05, 3.63) is 0 Å². The van der Waals surface area contributed by atoms with Gasteiger partial charge in [-0.25, -0.2) is 0 Å². The van der Waals surface area contributed by atoms with Crippen molar-refractivity contribution in [3.63, 3.8) is 0 Å². The van der Waals surface area contributed by atoms with E-state index in [-0.39, 0.29) is 0 Å². The summed E-state index contributed by atoms with van der Waals surface area (Å²) < 4.78 is 5.51. The fraction of sp³-hybridized carbons (Fsp3) is 1.00. The first-order valence-electron chi connectivity index (χ1n) is 6.30. The molecule has 86 valence electrons. The first kappa shape index (κ1) is 10.1. The third-order valence-electron chi connectivity index (χ3n) is 4.32. The van der Waals surface area contributed by atoms with Gasteiger partial charge >= 0.3 is 0 Å². The van der Waals surface area contributed by atoms with Gasteiger partial charge in [-0.2, -0.15) is 0 Å². The Morgan fingerprint density at radius 1 is 1.13 bits per heavy atom. The maximum atomic E-state index is 5.51. The van der Waals surface area contributed by atoms with E-state index in [4.69, 9.17) is 4.74 Å². The molecule has 0 aliphatic carbocycles. The van der Waals surface area contributed by atoms with Gasteiger partial charge in [0.05, 0.1) is 13.2 Å². The van der Waals surface area contributed by atoms with Crippen molar-refractivity contribution in [1.29, 1.82) is 0 Å². The first-order valence-corrected chi connectivity index (χ1v) is 6.30. The molecule has 3 rings (SSSR count). The number of fused-ring (bicyclic) bond motifs is 1. The molecule has 0 aromatic heterocycles. The molecular weight excluding hydrogens is 188 g/mol. The first-order chi connectivity index (χ1) is 7.31. The Bertz CT molecular complexity index is 222. The van der Waals surface area contributed by atoms with Crippen LogP contribution in [0.3, 0.4) is 0 Å². The van der Waals surface area contributed by atoms with E-state index in [0.29, 0.717) is 0 Å². The largest absolute Gasteiger partial charge is 0.381 e. The van der Waals surface area contributed by atoms with E-state index in [0.717, 1.165) is 31.0 Å². The zero-order valence-electron chi connectivity index (χ0n) is 9.69. The summed E-state index contributed by atoms with van der Waals surface area (Å²) in [6.07, 6.45) is 1.40. The molecule has 0 saturated carbocycles. The lowest BCUT2D eigenvalue weighted by Gasteiger charge is -2.21. The highest BCUT2D eigenvalue weighted by Gasteiger charge is 2.37. The van der Waals surface area contributed by atoms with Crippen molar-refractivity contribution in [1.82, 2.24) is 9.80 Å². The van der Waals surface area contributed by atoms with Crippen LogP contribution in [0.4, 0.5) is 0 Å². The predicted octanol–water partition coefficient (Wildman–Crippen LogP) is 0.516. The van der Waals surface area contributed by atoms with Crippen LogP contribution in [0.1, 0.15) is 6.42 Å². The topological polar surface area (TPSA) is 15.7 Å². The molecule has 0 N–H and O–H groups in total. The third-order valence-corrected chi connectivity index (χ3v) is 4.32. The van der Waals surface area contributed by atoms with E-state index in [1.165, 1.54) is 39.1 Å². The van der Waals surface area contributed by atoms with Gasteiger partial charge in [-0.15, -0.1) is 0 Å². The SMILES string of the molecule is CN1CCC(CN2CC3COCC3C2)C1. The Balaban J connectivity index is 1.49. The van der Waals surface area contributed by atoms with Gasteiger partial charge in [-0.05, 0) is 25.9 Å². The Kier molecular flexibility index (Phi) is 2.71. The lowest BCUT2D eigenvalue weighted by atomic mass is 10.0. The zero-order valence-corrected chi connectivity index (χ0v) is 9.69. The van der Waals surface area contributed by atoms with Gasteiger partial charge in [-0.3, -0.25) is 0 Å². The van der Waals surface area contributed by atoms with Crippen molar-refractivity contribution in [2.24, 2.45) is 17.8 Å². The second-order valence-corrected chi connectivity index (χ2v) is 5.69. The average molecular weight is 210 g/mol. The number of hydrogen-bond donors (Lipinski definition) is 0. The standard InChI is InChI=1S/C12H22N2O/c1-13-3-2-10(4-13)5-14-6-11-8-15-9-12(11)7-14/h10-12H,2-9H2,1H3. The summed E-state index contributed by atoms with van der Waals surface area (Å²) in [6, 6.07) is 0. The molecule has 3 nitrogen and oxygen atoms in total. The van der Waals surface area contributed by atoms with E-state index in [2.05, 4.69) is 16.8 Å². The van der Waals surface area contributed by atoms with E-state index in [9.17, 15) is 0 Å². The van der Waals surface area contributed by atoms with Gasteiger partial charge < -0.3 is 14.5 Å². The molecule has 3 heterocycles. The fourth-order valence-electron chi connectivity index (χ4n) is 3.47. The highest BCUT2D eigenvalue weighted by Crippen LogP contribution is 2.30. The van der Waals surface area contributed by atoms with Crippen LogP contribution in [0, 0.1) is 17.8 Å². The number of likely N-dealkylation sites (tertiary alicyclic amines) is 2. The van der Waals surface area contributed by atoms with Crippen LogP contribution in [0.25, 0.3) is 0 Å². The van der Waals surface area contributed by atoms with Gasteiger partial charge in [0, 0.05) is 38.0 Å². The second kappa shape index (κ2) is 4.04. The second-order valence-electron chi connectivity index (χ2n) is 5.69. The lowest BCUT2D eigenvalue weighted by molar-refractivity contribution is 0.149. The van der Waals surface area contributed by atoms with Crippen LogP contribution in [0.2, 0.25) is 0 Å². The summed E-state index contributed by atoms with van der Waals surface area (Å²) in [5, 5.41) is 0. The van der Waals surface area contributed by atoms with E-state index >= 15 is 0 Å². The molecule has 3 fully saturated rings. The van der Waals surface area contributed by atoms with E-state index in [1.54, 1.807) is 0 Å². The minimum absolute atomic E-state index is 0.851. The lowest BCUT2D eigenvalue weighted by Crippen LogP contribution is -2.30. The molecule has 15 heavy (non-hydrogen) atoms. The van der Waals surface area contributed by atoms with Crippen LogP contribution >= 0.6 is 0 Å². The maximum Gasteiger partial charge on any atom is 0.0510 e. The van der Waals surface area contributed by atoms with Gasteiger partial charge in [0.1, 0.15) is 0 Å². The molecular formula is C12H22N2O. The minimum Gasteiger partial charge on any atom is -0.381 e. The molecule has 0 radical (unpaired) electrons. The number of rotatable bonds is 2. The zero-order chi connectivity index (χ0) is 10.3. The van der Waals surface area contributed by atoms with Crippen LogP contribution in [0.5, 0.6) is 0 Å². The van der Waals surface area contributed by atoms with Crippen molar-refractivity contribution in [2.75, 3.05) is 53.0 Å². The Hall–Kier alpha value is -0.120. The van der Waals surface area contributed by atoms with Gasteiger partial charge in [0.25, 0.3) is 0 Å². The molecule has 3 aliphatic heterocycles. The van der Waals surface area contributed by atoms with Gasteiger partial charge in [0.15, 0.2) is 0 Å². The maximum absolute atomic E-state index is 5.51. The summed E-state index contributed by atoms with van der Waals surface area (Å²) in [6.45, 7) is 8.57. The van der Waals surface area contributed by atoms with Crippen molar-refractivity contribution < 1.29 is 4.74 Å². The molecule has 3 saturated heterocycles. The van der Waals surface area contributed by atoms with Crippen LogP contribution in [0.15, 0.2) is 0 Å². The number of ether oxygens (including phenoxy) is 1. The minimum atomic E-state index is 0.851. The summed E-state index contributed by atoms with van der Waals surface area (Å²) >= 11 is 0. The summed E-state index contributed by atoms with van der Waals surface area (Å²) in [5.41, 5.74) is 0. The molecule has 0 bridgehead atoms. The molecule has 3 unspecified atom stereocenters. The summed E-state index contributed by atoms with van der Waals surface area (Å²) in [7, 11) is 2.24. The van der Waals surface area contributed by atoms with Crippen LogP contribution < -0.4 is 0 Å². The summed E-state index contributed by atoms with van der Waals surface area (Å²) in [4.78, 5) is 5.15. The molecule has 3 heteroatoms. The van der Waals surface area contributed by atoms with Crippen LogP contribution in [-0.2, 0) is 4.74 Å². The molecule has 0 amide bonds. The van der Waals surface area contributed by atoms with Crippen molar-refractivity contribution in [3.8, 4) is 0 Å². The summed E-state index contributed by atoms with van der Waals surface area (Å²) in [5.74, 6) is 2.63. The van der Waals surface area contributed by atoms with Gasteiger partial charge in [-0.1, -0.05) is 0 Å². The molecule has 0 aromatic carbocycles. The fourth-order valence-corrected chi connectivity index (χ4v) is 3.47. The molecule has 3 atom stereocenters. The Labute approximate surface area is 92.4 Å².